The summed E-state index contributed by atoms with van der Waals surface area (Å²) in [5, 5.41) is 5.01. The number of carbonyl (C=O) groups excluding carboxylic acids is 2. The third-order valence-electron chi connectivity index (χ3n) is 3.51. The van der Waals surface area contributed by atoms with Crippen molar-refractivity contribution in [2.24, 2.45) is 5.14 Å². The van der Waals surface area contributed by atoms with Crippen LogP contribution in [-0.4, -0.2) is 20.2 Å². The molecule has 7 nitrogen and oxygen atoms in total. The molecule has 0 unspecified atom stereocenters. The molecule has 0 radical (unpaired) electrons. The Hall–Kier alpha value is -2.78. The maximum Gasteiger partial charge on any atom is 0.242 e. The number of halogens is 1. The quantitative estimate of drug-likeness (QED) is 0.643. The Morgan fingerprint density at radius 3 is 2.00 bits per heavy atom. The van der Waals surface area contributed by atoms with Gasteiger partial charge in [-0.2, -0.15) is 0 Å². The molecule has 0 spiro atoms. The summed E-state index contributed by atoms with van der Waals surface area (Å²) in [6.45, 7) is 0. The minimum Gasteiger partial charge on any atom is -0.273 e. The number of carbonyl (C=O) groups is 2. The first-order valence-electron chi connectivity index (χ1n) is 7.68. The second-order valence-corrected chi connectivity index (χ2v) is 7.15. The smallest absolute Gasteiger partial charge is 0.242 e. The fourth-order valence-electron chi connectivity index (χ4n) is 2.14. The second-order valence-electron chi connectivity index (χ2n) is 5.59. The van der Waals surface area contributed by atoms with E-state index in [0.29, 0.717) is 12.0 Å². The number of amides is 2. The van der Waals surface area contributed by atoms with Gasteiger partial charge in [0.15, 0.2) is 0 Å². The number of hydrogen-bond donors (Lipinski definition) is 3. The summed E-state index contributed by atoms with van der Waals surface area (Å²) in [5.41, 5.74) is 5.95. The molecule has 4 N–H and O–H groups in total. The predicted molar refractivity (Wildman–Crippen MR) is 92.5 cm³/mol. The molecule has 138 valence electrons. The average Bonchev–Trinajstić information content (AvgIpc) is 2.60. The van der Waals surface area contributed by atoms with E-state index < -0.39 is 21.8 Å². The van der Waals surface area contributed by atoms with Gasteiger partial charge in [-0.1, -0.05) is 24.3 Å². The van der Waals surface area contributed by atoms with E-state index >= 15 is 0 Å². The minimum absolute atomic E-state index is 0.00115. The Morgan fingerprint density at radius 2 is 1.42 bits per heavy atom. The first-order valence-corrected chi connectivity index (χ1v) is 9.22. The standard InChI is InChI=1S/C17H18FN3O4S/c18-14-6-1-13(2-7-14)11-17(23)21-20-16(22)10-5-12-3-8-15(9-4-12)26(19,24)25/h1-4,6-9H,5,10-11H2,(H,20,22)(H,21,23)(H2,19,24,25). The van der Waals surface area contributed by atoms with Gasteiger partial charge in [-0.05, 0) is 41.8 Å². The first-order chi connectivity index (χ1) is 12.2. The normalized spacial score (nSPS) is 11.0. The van der Waals surface area contributed by atoms with Gasteiger partial charge in [0.05, 0.1) is 11.3 Å². The molecule has 2 aromatic carbocycles. The number of nitrogens with two attached hydrogens (primary N) is 1. The van der Waals surface area contributed by atoms with E-state index in [-0.39, 0.29) is 23.6 Å². The molecule has 0 bridgehead atoms. The molecule has 0 saturated heterocycles. The van der Waals surface area contributed by atoms with E-state index in [1.807, 2.05) is 0 Å². The van der Waals surface area contributed by atoms with Gasteiger partial charge in [-0.15, -0.1) is 0 Å². The van der Waals surface area contributed by atoms with Crippen molar-refractivity contribution in [2.45, 2.75) is 24.2 Å². The van der Waals surface area contributed by atoms with Crippen LogP contribution in [-0.2, 0) is 32.5 Å². The van der Waals surface area contributed by atoms with Crippen LogP contribution < -0.4 is 16.0 Å². The van der Waals surface area contributed by atoms with Gasteiger partial charge in [0, 0.05) is 6.42 Å². The Balaban J connectivity index is 1.74. The van der Waals surface area contributed by atoms with Crippen molar-refractivity contribution < 1.29 is 22.4 Å². The van der Waals surface area contributed by atoms with Gasteiger partial charge in [0.25, 0.3) is 0 Å². The number of sulfonamides is 1. The molecule has 2 aromatic rings. The molecule has 26 heavy (non-hydrogen) atoms. The lowest BCUT2D eigenvalue weighted by molar-refractivity contribution is -0.128. The molecular weight excluding hydrogens is 361 g/mol. The van der Waals surface area contributed by atoms with Crippen molar-refractivity contribution in [3.05, 3.63) is 65.5 Å². The number of primary sulfonamides is 1. The molecule has 0 aliphatic rings. The maximum atomic E-state index is 12.8. The summed E-state index contributed by atoms with van der Waals surface area (Å²) in [4.78, 5) is 23.5. The molecule has 0 fully saturated rings. The van der Waals surface area contributed by atoms with Crippen molar-refractivity contribution >= 4 is 21.8 Å². The fourth-order valence-corrected chi connectivity index (χ4v) is 2.65. The lowest BCUT2D eigenvalue weighted by Crippen LogP contribution is -2.42. The second kappa shape index (κ2) is 8.54. The van der Waals surface area contributed by atoms with Gasteiger partial charge in [0.1, 0.15) is 5.82 Å². The summed E-state index contributed by atoms with van der Waals surface area (Å²) in [7, 11) is -3.74. The molecule has 2 amide bonds. The van der Waals surface area contributed by atoms with E-state index in [4.69, 9.17) is 5.14 Å². The first kappa shape index (κ1) is 19.5. The molecular formula is C17H18FN3O4S. The van der Waals surface area contributed by atoms with E-state index in [1.165, 1.54) is 36.4 Å². The van der Waals surface area contributed by atoms with Crippen LogP contribution in [0.3, 0.4) is 0 Å². The molecule has 0 saturated carbocycles. The van der Waals surface area contributed by atoms with Crippen LogP contribution in [0.2, 0.25) is 0 Å². The van der Waals surface area contributed by atoms with Crippen molar-refractivity contribution in [1.29, 1.82) is 0 Å². The van der Waals surface area contributed by atoms with Crippen LogP contribution in [0.15, 0.2) is 53.4 Å². The van der Waals surface area contributed by atoms with Crippen LogP contribution in [0.1, 0.15) is 17.5 Å². The Bertz CT molecular complexity index is 881. The molecule has 2 rings (SSSR count). The fraction of sp³-hybridized carbons (Fsp3) is 0.176. The number of hydrogen-bond acceptors (Lipinski definition) is 4. The average molecular weight is 379 g/mol. The third kappa shape index (κ3) is 6.26. The SMILES string of the molecule is NS(=O)(=O)c1ccc(CCC(=O)NNC(=O)Cc2ccc(F)cc2)cc1. The lowest BCUT2D eigenvalue weighted by atomic mass is 10.1. The monoisotopic (exact) mass is 379 g/mol. The highest BCUT2D eigenvalue weighted by atomic mass is 32.2. The zero-order valence-electron chi connectivity index (χ0n) is 13.7. The van der Waals surface area contributed by atoms with Gasteiger partial charge in [-0.3, -0.25) is 20.4 Å². The Labute approximate surface area is 150 Å². The maximum absolute atomic E-state index is 12.8. The highest BCUT2D eigenvalue weighted by molar-refractivity contribution is 7.89. The van der Waals surface area contributed by atoms with E-state index in [9.17, 15) is 22.4 Å². The summed E-state index contributed by atoms with van der Waals surface area (Å²) < 4.78 is 35.1. The van der Waals surface area contributed by atoms with E-state index in [1.54, 1.807) is 12.1 Å². The number of hydrazine groups is 1. The van der Waals surface area contributed by atoms with Crippen molar-refractivity contribution in [1.82, 2.24) is 10.9 Å². The zero-order valence-corrected chi connectivity index (χ0v) is 14.6. The van der Waals surface area contributed by atoms with Crippen LogP contribution in [0.5, 0.6) is 0 Å². The number of aryl methyl sites for hydroxylation is 1. The third-order valence-corrected chi connectivity index (χ3v) is 4.44. The lowest BCUT2D eigenvalue weighted by Gasteiger charge is -2.08. The summed E-state index contributed by atoms with van der Waals surface area (Å²) in [6, 6.07) is 11.4. The largest absolute Gasteiger partial charge is 0.273 e. The highest BCUT2D eigenvalue weighted by Crippen LogP contribution is 2.10. The highest BCUT2D eigenvalue weighted by Gasteiger charge is 2.09. The van der Waals surface area contributed by atoms with Gasteiger partial charge >= 0.3 is 0 Å². The van der Waals surface area contributed by atoms with Crippen molar-refractivity contribution in [2.75, 3.05) is 0 Å². The summed E-state index contributed by atoms with van der Waals surface area (Å²) in [5.74, 6) is -1.21. The molecule has 0 aliphatic carbocycles. The summed E-state index contributed by atoms with van der Waals surface area (Å²) >= 11 is 0. The van der Waals surface area contributed by atoms with E-state index in [0.717, 1.165) is 5.56 Å². The molecule has 9 heteroatoms. The number of benzene rings is 2. The molecule has 0 aromatic heterocycles. The Kier molecular flexibility index (Phi) is 6.42. The predicted octanol–water partition coefficient (Wildman–Crippen LogP) is 0.796. The molecule has 0 aliphatic heterocycles. The zero-order chi connectivity index (χ0) is 19.2. The number of rotatable bonds is 6. The topological polar surface area (TPSA) is 118 Å². The van der Waals surface area contributed by atoms with Crippen molar-refractivity contribution in [3.63, 3.8) is 0 Å². The molecule has 0 atom stereocenters. The van der Waals surface area contributed by atoms with Gasteiger partial charge < -0.3 is 0 Å². The van der Waals surface area contributed by atoms with Crippen LogP contribution in [0, 0.1) is 5.82 Å². The minimum atomic E-state index is -3.74. The Morgan fingerprint density at radius 1 is 0.885 bits per heavy atom. The molecule has 0 heterocycles. The van der Waals surface area contributed by atoms with Gasteiger partial charge in [0.2, 0.25) is 21.8 Å². The number of nitrogens with one attached hydrogen (secondary N) is 2. The van der Waals surface area contributed by atoms with Gasteiger partial charge in [-0.25, -0.2) is 17.9 Å². The summed E-state index contributed by atoms with van der Waals surface area (Å²) in [6.07, 6.45) is 0.478. The van der Waals surface area contributed by atoms with Crippen LogP contribution >= 0.6 is 0 Å². The van der Waals surface area contributed by atoms with Crippen LogP contribution in [0.25, 0.3) is 0 Å². The van der Waals surface area contributed by atoms with E-state index in [2.05, 4.69) is 10.9 Å². The van der Waals surface area contributed by atoms with Crippen LogP contribution in [0.4, 0.5) is 4.39 Å². The van der Waals surface area contributed by atoms with Crippen molar-refractivity contribution in [3.8, 4) is 0 Å².